The molecular formula is C26H33Cl2N3O4S. The molecule has 1 saturated carbocycles. The summed E-state index contributed by atoms with van der Waals surface area (Å²) >= 11 is 12.7. The molecule has 0 unspecified atom stereocenters. The molecule has 0 spiro atoms. The maximum absolute atomic E-state index is 13.8. The van der Waals surface area contributed by atoms with Crippen molar-refractivity contribution >= 4 is 50.7 Å². The second kappa shape index (κ2) is 12.8. The summed E-state index contributed by atoms with van der Waals surface area (Å²) in [6, 6.07) is 12.8. The number of para-hydroxylation sites is 1. The SMILES string of the molecule is CC[C@H](C(=O)NC1CCCCC1)N(Cc1ccccc1Cl)C(=O)CN(c1ccccc1Cl)S(C)(=O)=O. The van der Waals surface area contributed by atoms with Gasteiger partial charge in [0.1, 0.15) is 12.6 Å². The van der Waals surface area contributed by atoms with Crippen LogP contribution in [-0.4, -0.2) is 50.0 Å². The van der Waals surface area contributed by atoms with Crippen LogP contribution in [0.5, 0.6) is 0 Å². The van der Waals surface area contributed by atoms with Gasteiger partial charge in [0.05, 0.1) is 17.0 Å². The van der Waals surface area contributed by atoms with Crippen LogP contribution >= 0.6 is 23.2 Å². The molecule has 36 heavy (non-hydrogen) atoms. The average molecular weight is 555 g/mol. The first-order valence-corrected chi connectivity index (χ1v) is 14.8. The first kappa shape index (κ1) is 28.3. The number of nitrogens with zero attached hydrogens (tertiary/aromatic N) is 2. The molecule has 10 heteroatoms. The molecule has 0 aliphatic heterocycles. The van der Waals surface area contributed by atoms with Crippen molar-refractivity contribution in [3.05, 3.63) is 64.1 Å². The zero-order chi connectivity index (χ0) is 26.3. The van der Waals surface area contributed by atoms with Gasteiger partial charge in [-0.25, -0.2) is 8.42 Å². The van der Waals surface area contributed by atoms with Crippen LogP contribution in [0.15, 0.2) is 48.5 Å². The van der Waals surface area contributed by atoms with Gasteiger partial charge in [0, 0.05) is 17.6 Å². The van der Waals surface area contributed by atoms with Crippen LogP contribution in [-0.2, 0) is 26.2 Å². The Kier molecular flexibility index (Phi) is 10.0. The van der Waals surface area contributed by atoms with E-state index in [0.717, 1.165) is 42.7 Å². The fraction of sp³-hybridized carbons (Fsp3) is 0.462. The first-order valence-electron chi connectivity index (χ1n) is 12.2. The van der Waals surface area contributed by atoms with Gasteiger partial charge in [0.2, 0.25) is 21.8 Å². The Morgan fingerprint density at radius 1 is 1.00 bits per heavy atom. The van der Waals surface area contributed by atoms with Crippen molar-refractivity contribution in [1.82, 2.24) is 10.2 Å². The fourth-order valence-electron chi connectivity index (χ4n) is 4.52. The molecule has 0 bridgehead atoms. The maximum atomic E-state index is 13.8. The van der Waals surface area contributed by atoms with Gasteiger partial charge >= 0.3 is 0 Å². The van der Waals surface area contributed by atoms with Crippen molar-refractivity contribution in [2.45, 2.75) is 64.1 Å². The van der Waals surface area contributed by atoms with Gasteiger partial charge < -0.3 is 10.2 Å². The van der Waals surface area contributed by atoms with Crippen molar-refractivity contribution in [3.8, 4) is 0 Å². The normalized spacial score (nSPS) is 15.2. The molecule has 1 atom stereocenters. The third kappa shape index (κ3) is 7.37. The third-order valence-electron chi connectivity index (χ3n) is 6.44. The highest BCUT2D eigenvalue weighted by molar-refractivity contribution is 7.92. The molecule has 3 rings (SSSR count). The standard InChI is InChI=1S/C26H33Cl2N3O4S/c1-3-23(26(33)29-20-12-5-4-6-13-20)30(17-19-11-7-8-14-21(19)27)25(32)18-31(36(2,34)35)24-16-10-9-15-22(24)28/h7-11,14-16,20,23H,3-6,12-13,17-18H2,1-2H3,(H,29,33)/t23-/m1/s1. The summed E-state index contributed by atoms with van der Waals surface area (Å²) < 4.78 is 26.3. The van der Waals surface area contributed by atoms with Crippen molar-refractivity contribution in [3.63, 3.8) is 0 Å². The minimum atomic E-state index is -3.85. The van der Waals surface area contributed by atoms with E-state index < -0.39 is 28.5 Å². The Balaban J connectivity index is 1.93. The number of hydrogen-bond acceptors (Lipinski definition) is 4. The van der Waals surface area contributed by atoms with Crippen LogP contribution in [0.4, 0.5) is 5.69 Å². The minimum absolute atomic E-state index is 0.0647. The monoisotopic (exact) mass is 553 g/mol. The van der Waals surface area contributed by atoms with Crippen LogP contribution in [0.2, 0.25) is 10.0 Å². The van der Waals surface area contributed by atoms with Gasteiger partial charge in [-0.05, 0) is 43.0 Å². The fourth-order valence-corrected chi connectivity index (χ4v) is 5.87. The number of sulfonamides is 1. The number of rotatable bonds is 10. The van der Waals surface area contributed by atoms with Gasteiger partial charge in [-0.2, -0.15) is 0 Å². The number of amides is 2. The van der Waals surface area contributed by atoms with E-state index >= 15 is 0 Å². The molecule has 1 fully saturated rings. The topological polar surface area (TPSA) is 86.8 Å². The molecule has 2 amide bonds. The molecule has 1 aliphatic carbocycles. The lowest BCUT2D eigenvalue weighted by Crippen LogP contribution is -2.54. The summed E-state index contributed by atoms with van der Waals surface area (Å²) in [6.07, 6.45) is 6.49. The number of hydrogen-bond donors (Lipinski definition) is 1. The van der Waals surface area contributed by atoms with Gasteiger partial charge in [-0.1, -0.05) is 79.7 Å². The van der Waals surface area contributed by atoms with Crippen LogP contribution in [0.25, 0.3) is 0 Å². The predicted molar refractivity (Wildman–Crippen MR) is 145 cm³/mol. The third-order valence-corrected chi connectivity index (χ3v) is 8.25. The van der Waals surface area contributed by atoms with E-state index in [9.17, 15) is 18.0 Å². The van der Waals surface area contributed by atoms with E-state index in [2.05, 4.69) is 5.32 Å². The number of nitrogens with one attached hydrogen (secondary N) is 1. The molecule has 2 aromatic carbocycles. The van der Waals surface area contributed by atoms with E-state index in [1.54, 1.807) is 48.5 Å². The molecule has 0 saturated heterocycles. The Bertz CT molecular complexity index is 1170. The number of benzene rings is 2. The molecule has 0 aromatic heterocycles. The number of carbonyl (C=O) groups excluding carboxylic acids is 2. The van der Waals surface area contributed by atoms with Crippen molar-refractivity contribution in [2.24, 2.45) is 0 Å². The molecule has 2 aromatic rings. The molecule has 196 valence electrons. The molecule has 1 aliphatic rings. The Morgan fingerprint density at radius 3 is 2.19 bits per heavy atom. The molecule has 0 heterocycles. The second-order valence-corrected chi connectivity index (χ2v) is 11.8. The Labute approximate surface area is 223 Å². The van der Waals surface area contributed by atoms with Crippen molar-refractivity contribution in [2.75, 3.05) is 17.1 Å². The first-order chi connectivity index (χ1) is 17.1. The van der Waals surface area contributed by atoms with E-state index in [-0.39, 0.29) is 29.2 Å². The summed E-state index contributed by atoms with van der Waals surface area (Å²) in [7, 11) is -3.85. The number of anilines is 1. The van der Waals surface area contributed by atoms with E-state index in [1.165, 1.54) is 4.90 Å². The summed E-state index contributed by atoms with van der Waals surface area (Å²) in [5.41, 5.74) is 0.868. The molecule has 1 N–H and O–H groups in total. The van der Waals surface area contributed by atoms with Crippen LogP contribution in [0.3, 0.4) is 0 Å². The lowest BCUT2D eigenvalue weighted by atomic mass is 9.95. The number of carbonyl (C=O) groups is 2. The van der Waals surface area contributed by atoms with E-state index in [4.69, 9.17) is 23.2 Å². The molecule has 0 radical (unpaired) electrons. The highest BCUT2D eigenvalue weighted by atomic mass is 35.5. The van der Waals surface area contributed by atoms with E-state index in [0.29, 0.717) is 17.0 Å². The lowest BCUT2D eigenvalue weighted by molar-refractivity contribution is -0.140. The van der Waals surface area contributed by atoms with Gasteiger partial charge in [0.15, 0.2) is 0 Å². The Hall–Kier alpha value is -2.29. The van der Waals surface area contributed by atoms with Crippen molar-refractivity contribution < 1.29 is 18.0 Å². The smallest absolute Gasteiger partial charge is 0.244 e. The zero-order valence-electron chi connectivity index (χ0n) is 20.6. The van der Waals surface area contributed by atoms with Crippen LogP contribution in [0, 0.1) is 0 Å². The van der Waals surface area contributed by atoms with Gasteiger partial charge in [0.25, 0.3) is 0 Å². The zero-order valence-corrected chi connectivity index (χ0v) is 23.0. The molecular weight excluding hydrogens is 521 g/mol. The van der Waals surface area contributed by atoms with Crippen LogP contribution < -0.4 is 9.62 Å². The molecule has 7 nitrogen and oxygen atoms in total. The summed E-state index contributed by atoms with van der Waals surface area (Å²) in [6.45, 7) is 1.40. The quantitative estimate of drug-likeness (QED) is 0.447. The van der Waals surface area contributed by atoms with Crippen LogP contribution in [0.1, 0.15) is 51.0 Å². The number of halogens is 2. The Morgan fingerprint density at radius 2 is 1.61 bits per heavy atom. The summed E-state index contributed by atoms with van der Waals surface area (Å²) in [5.74, 6) is -0.764. The largest absolute Gasteiger partial charge is 0.352 e. The lowest BCUT2D eigenvalue weighted by Gasteiger charge is -2.34. The van der Waals surface area contributed by atoms with Gasteiger partial charge in [-0.15, -0.1) is 0 Å². The highest BCUT2D eigenvalue weighted by Crippen LogP contribution is 2.28. The second-order valence-electron chi connectivity index (χ2n) is 9.10. The van der Waals surface area contributed by atoms with Gasteiger partial charge in [-0.3, -0.25) is 13.9 Å². The maximum Gasteiger partial charge on any atom is 0.244 e. The highest BCUT2D eigenvalue weighted by Gasteiger charge is 2.33. The average Bonchev–Trinajstić information content (AvgIpc) is 2.84. The van der Waals surface area contributed by atoms with E-state index in [1.807, 2.05) is 6.92 Å². The minimum Gasteiger partial charge on any atom is -0.352 e. The summed E-state index contributed by atoms with van der Waals surface area (Å²) in [4.78, 5) is 28.6. The van der Waals surface area contributed by atoms with Crippen molar-refractivity contribution in [1.29, 1.82) is 0 Å². The summed E-state index contributed by atoms with van der Waals surface area (Å²) in [5, 5.41) is 3.78. The predicted octanol–water partition coefficient (Wildman–Crippen LogP) is 5.02.